The van der Waals surface area contributed by atoms with Crippen molar-refractivity contribution in [2.75, 3.05) is 35.3 Å². The van der Waals surface area contributed by atoms with Gasteiger partial charge in [0.15, 0.2) is 11.6 Å². The van der Waals surface area contributed by atoms with E-state index >= 15 is 0 Å². The highest BCUT2D eigenvalue weighted by Crippen LogP contribution is 2.27. The molecule has 0 saturated carbocycles. The third kappa shape index (κ3) is 8.50. The minimum Gasteiger partial charge on any atom is -0.396 e. The zero-order valence-corrected chi connectivity index (χ0v) is 28.7. The Hall–Kier alpha value is -5.20. The van der Waals surface area contributed by atoms with E-state index in [9.17, 15) is 10.2 Å². The van der Waals surface area contributed by atoms with E-state index in [1.807, 2.05) is 42.7 Å². The fourth-order valence-electron chi connectivity index (χ4n) is 6.62. The Morgan fingerprint density at radius 3 is 1.86 bits per heavy atom. The number of aromatic nitrogens is 6. The molecular weight excluding hydrogens is 628 g/mol. The smallest absolute Gasteiger partial charge is 0.222 e. The predicted octanol–water partition coefficient (Wildman–Crippen LogP) is 5.59. The lowest BCUT2D eigenvalue weighted by Gasteiger charge is -2.20. The number of aryl methyl sites for hydroxylation is 1. The molecule has 2 atom stereocenters. The van der Waals surface area contributed by atoms with E-state index in [2.05, 4.69) is 83.0 Å². The number of rotatable bonds is 18. The topological polar surface area (TPSA) is 178 Å². The normalized spacial score (nSPS) is 12.8. The van der Waals surface area contributed by atoms with Crippen LogP contribution in [0.15, 0.2) is 79.1 Å². The van der Waals surface area contributed by atoms with Gasteiger partial charge in [-0.05, 0) is 60.9 Å². The zero-order chi connectivity index (χ0) is 34.9. The van der Waals surface area contributed by atoms with E-state index in [0.717, 1.165) is 66.2 Å². The van der Waals surface area contributed by atoms with Gasteiger partial charge in [0.1, 0.15) is 11.0 Å². The maximum atomic E-state index is 10.3. The lowest BCUT2D eigenvalue weighted by atomic mass is 10.0. The first-order valence-electron chi connectivity index (χ1n) is 17.5. The van der Waals surface area contributed by atoms with Gasteiger partial charge in [0.2, 0.25) is 11.9 Å². The van der Waals surface area contributed by atoms with Crippen molar-refractivity contribution in [3.63, 3.8) is 0 Å². The number of hydrogen-bond donors (Lipinski definition) is 6. The van der Waals surface area contributed by atoms with Gasteiger partial charge < -0.3 is 41.4 Å². The van der Waals surface area contributed by atoms with Crippen LogP contribution in [-0.2, 0) is 19.5 Å². The van der Waals surface area contributed by atoms with Crippen LogP contribution in [0.3, 0.4) is 0 Å². The third-order valence-corrected chi connectivity index (χ3v) is 9.10. The minimum absolute atomic E-state index is 0.0356. The highest BCUT2D eigenvalue weighted by molar-refractivity contribution is 5.88. The average Bonchev–Trinajstić information content (AvgIpc) is 3.70. The summed E-state index contributed by atoms with van der Waals surface area (Å²) in [6, 6.07) is 22.7. The van der Waals surface area contributed by atoms with Crippen molar-refractivity contribution in [2.45, 2.75) is 77.0 Å². The Balaban J connectivity index is 1.12. The van der Waals surface area contributed by atoms with Crippen LogP contribution in [0.1, 0.15) is 62.1 Å². The first-order valence-corrected chi connectivity index (χ1v) is 17.5. The van der Waals surface area contributed by atoms with Gasteiger partial charge in [0, 0.05) is 38.1 Å². The molecule has 4 heterocycles. The molecule has 50 heavy (non-hydrogen) atoms. The summed E-state index contributed by atoms with van der Waals surface area (Å²) < 4.78 is 4.26. The third-order valence-electron chi connectivity index (χ3n) is 9.10. The van der Waals surface area contributed by atoms with Crippen LogP contribution in [0.25, 0.3) is 22.1 Å². The molecule has 0 saturated heterocycles. The summed E-state index contributed by atoms with van der Waals surface area (Å²) >= 11 is 0. The van der Waals surface area contributed by atoms with Crippen LogP contribution >= 0.6 is 0 Å². The number of unbranched alkanes of at least 4 members (excludes halogenated alkanes) is 1. The average molecular weight is 677 g/mol. The molecule has 0 radical (unpaired) electrons. The number of aliphatic hydroxyl groups excluding tert-OH is 2. The molecule has 6 aromatic rings. The Morgan fingerprint density at radius 2 is 1.24 bits per heavy atom. The number of nitrogens with zero attached hydrogens (tertiary/aromatic N) is 6. The van der Waals surface area contributed by atoms with Crippen molar-refractivity contribution in [3.05, 3.63) is 95.8 Å². The molecule has 0 fully saturated rings. The number of nitrogens with one attached hydrogen (secondary N) is 2. The molecule has 0 aliphatic carbocycles. The fraction of sp³-hybridized carbons (Fsp3) is 0.368. The van der Waals surface area contributed by atoms with Gasteiger partial charge in [-0.3, -0.25) is 0 Å². The Morgan fingerprint density at radius 1 is 0.660 bits per heavy atom. The van der Waals surface area contributed by atoms with Crippen LogP contribution < -0.4 is 22.1 Å². The number of nitrogen functional groups attached to an aromatic ring is 2. The molecule has 2 aromatic carbocycles. The van der Waals surface area contributed by atoms with Crippen molar-refractivity contribution in [1.29, 1.82) is 0 Å². The van der Waals surface area contributed by atoms with Crippen LogP contribution in [0.4, 0.5) is 23.5 Å². The molecule has 262 valence electrons. The largest absolute Gasteiger partial charge is 0.396 e. The van der Waals surface area contributed by atoms with Gasteiger partial charge in [0.05, 0.1) is 23.7 Å². The minimum atomic E-state index is -0.202. The second-order valence-corrected chi connectivity index (χ2v) is 12.9. The maximum absolute atomic E-state index is 10.3. The quantitative estimate of drug-likeness (QED) is 0.0673. The summed E-state index contributed by atoms with van der Waals surface area (Å²) in [5.74, 6) is 1.74. The zero-order valence-electron chi connectivity index (χ0n) is 28.7. The summed E-state index contributed by atoms with van der Waals surface area (Å²) in [4.78, 5) is 18.0. The van der Waals surface area contributed by atoms with E-state index in [4.69, 9.17) is 11.5 Å². The fourth-order valence-corrected chi connectivity index (χ4v) is 6.62. The SMILES string of the molecule is CCCC[C@@H](CCO)Nc1nc(N)nc2ccn(Cc3cccc(CCC[C@H](CO)Nc4nc(N)nc5ccn(Cc6ccccc6)c45)c3)c12. The summed E-state index contributed by atoms with van der Waals surface area (Å²) in [6.45, 7) is 3.56. The van der Waals surface area contributed by atoms with E-state index in [-0.39, 0.29) is 37.2 Å². The molecule has 6 rings (SSSR count). The van der Waals surface area contributed by atoms with E-state index in [1.165, 1.54) is 11.1 Å². The monoisotopic (exact) mass is 676 g/mol. The summed E-state index contributed by atoms with van der Waals surface area (Å²) in [5.41, 5.74) is 19.0. The summed E-state index contributed by atoms with van der Waals surface area (Å²) in [5, 5.41) is 27.0. The van der Waals surface area contributed by atoms with Crippen LogP contribution in [0.5, 0.6) is 0 Å². The Kier molecular flexibility index (Phi) is 11.4. The molecule has 12 heteroatoms. The van der Waals surface area contributed by atoms with Crippen LogP contribution in [0.2, 0.25) is 0 Å². The second kappa shape index (κ2) is 16.5. The van der Waals surface area contributed by atoms with Crippen molar-refractivity contribution in [3.8, 4) is 0 Å². The predicted molar refractivity (Wildman–Crippen MR) is 201 cm³/mol. The lowest BCUT2D eigenvalue weighted by Crippen LogP contribution is -2.25. The Labute approximate surface area is 292 Å². The second-order valence-electron chi connectivity index (χ2n) is 12.9. The van der Waals surface area contributed by atoms with Crippen molar-refractivity contribution in [2.24, 2.45) is 0 Å². The van der Waals surface area contributed by atoms with E-state index in [0.29, 0.717) is 31.1 Å². The lowest BCUT2D eigenvalue weighted by molar-refractivity contribution is 0.267. The number of anilines is 4. The standard InChI is InChI=1S/C38H48N10O2/c1-2-3-14-29(18-21-49)41-35-33-31(43-37(39)45-35)17-20-48(33)24-28-13-7-11-26(22-28)12-8-15-30(25-50)42-36-34-32(44-38(40)46-36)16-19-47(34)23-27-9-5-4-6-10-27/h4-7,9-11,13,16-17,19-20,22,29-30,49-50H,2-3,8,12,14-15,18,21,23-25H2,1H3,(H3,39,41,43,45)(H3,40,42,44,46)/t29-,30+/m0/s1. The highest BCUT2D eigenvalue weighted by Gasteiger charge is 2.18. The molecule has 0 amide bonds. The van der Waals surface area contributed by atoms with E-state index in [1.54, 1.807) is 0 Å². The van der Waals surface area contributed by atoms with Crippen LogP contribution in [0, 0.1) is 0 Å². The highest BCUT2D eigenvalue weighted by atomic mass is 16.3. The summed E-state index contributed by atoms with van der Waals surface area (Å²) in [7, 11) is 0. The number of fused-ring (bicyclic) bond motifs is 2. The van der Waals surface area contributed by atoms with Gasteiger partial charge >= 0.3 is 0 Å². The molecule has 4 aromatic heterocycles. The molecule has 8 N–H and O–H groups in total. The number of hydrogen-bond acceptors (Lipinski definition) is 10. The van der Waals surface area contributed by atoms with Gasteiger partial charge in [0.25, 0.3) is 0 Å². The number of benzene rings is 2. The Bertz CT molecular complexity index is 1990. The van der Waals surface area contributed by atoms with Crippen molar-refractivity contribution in [1.82, 2.24) is 29.1 Å². The first kappa shape index (κ1) is 34.7. The number of nitrogens with two attached hydrogens (primary N) is 2. The first-order chi connectivity index (χ1) is 24.4. The van der Waals surface area contributed by atoms with E-state index < -0.39 is 0 Å². The number of aliphatic hydroxyl groups is 2. The molecule has 0 spiro atoms. The molecule has 0 aliphatic rings. The molecule has 0 bridgehead atoms. The molecule has 0 unspecified atom stereocenters. The van der Waals surface area contributed by atoms with Gasteiger partial charge in [-0.15, -0.1) is 0 Å². The van der Waals surface area contributed by atoms with Gasteiger partial charge in [-0.1, -0.05) is 74.4 Å². The van der Waals surface area contributed by atoms with Crippen molar-refractivity contribution < 1.29 is 10.2 Å². The van der Waals surface area contributed by atoms with Crippen LogP contribution in [-0.4, -0.2) is 64.6 Å². The summed E-state index contributed by atoms with van der Waals surface area (Å²) in [6.07, 6.45) is 10.2. The molecular formula is C38H48N10O2. The molecule has 0 aliphatic heterocycles. The molecule has 12 nitrogen and oxygen atoms in total. The maximum Gasteiger partial charge on any atom is 0.222 e. The van der Waals surface area contributed by atoms with Gasteiger partial charge in [-0.2, -0.15) is 9.97 Å². The van der Waals surface area contributed by atoms with Gasteiger partial charge in [-0.25, -0.2) is 9.97 Å². The van der Waals surface area contributed by atoms with Crippen molar-refractivity contribution >= 4 is 45.6 Å².